The highest BCUT2D eigenvalue weighted by Crippen LogP contribution is 2.20. The maximum Gasteiger partial charge on any atom is 0.234 e. The van der Waals surface area contributed by atoms with Gasteiger partial charge in [0.1, 0.15) is 0 Å². The zero-order valence-corrected chi connectivity index (χ0v) is 11.4. The van der Waals surface area contributed by atoms with Gasteiger partial charge < -0.3 is 5.32 Å². The van der Waals surface area contributed by atoms with Crippen LogP contribution in [0.2, 0.25) is 5.02 Å². The number of likely N-dealkylation sites (N-methyl/N-ethyl adjacent to an activating group) is 1. The van der Waals surface area contributed by atoms with E-state index >= 15 is 0 Å². The molecule has 0 spiro atoms. The van der Waals surface area contributed by atoms with Crippen LogP contribution in [0, 0.1) is 12.3 Å². The first-order chi connectivity index (χ1) is 8.54. The third-order valence-corrected chi connectivity index (χ3v) is 3.05. The molecule has 1 rings (SSSR count). The van der Waals surface area contributed by atoms with Crippen LogP contribution in [0.4, 0.5) is 0 Å². The van der Waals surface area contributed by atoms with Crippen molar-refractivity contribution in [2.75, 3.05) is 20.1 Å². The Hall–Kier alpha value is -1.50. The van der Waals surface area contributed by atoms with E-state index in [9.17, 15) is 4.79 Å². The standard InChI is InChI=1S/C14H17ClN2O/c1-4-9-16-14(18)10-17(3)11(2)12-5-7-13(15)8-6-12/h1,5-8,11H,9-10H2,2-3H3,(H,16,18). The number of hydrogen-bond acceptors (Lipinski definition) is 2. The molecule has 1 amide bonds. The number of carbonyl (C=O) groups is 1. The van der Waals surface area contributed by atoms with Crippen LogP contribution in [0.25, 0.3) is 0 Å². The van der Waals surface area contributed by atoms with Gasteiger partial charge in [0.15, 0.2) is 0 Å². The lowest BCUT2D eigenvalue weighted by molar-refractivity contribution is -0.122. The molecule has 1 atom stereocenters. The lowest BCUT2D eigenvalue weighted by Crippen LogP contribution is -2.36. The molecule has 96 valence electrons. The van der Waals surface area contributed by atoms with Gasteiger partial charge in [0.05, 0.1) is 13.1 Å². The normalized spacial score (nSPS) is 11.9. The molecule has 3 nitrogen and oxygen atoms in total. The molecule has 0 aliphatic carbocycles. The molecule has 1 N–H and O–H groups in total. The minimum absolute atomic E-state index is 0.0729. The zero-order chi connectivity index (χ0) is 13.5. The van der Waals surface area contributed by atoms with Crippen LogP contribution in [-0.4, -0.2) is 30.9 Å². The molecule has 0 saturated heterocycles. The van der Waals surface area contributed by atoms with Gasteiger partial charge in [-0.2, -0.15) is 0 Å². The molecule has 0 aliphatic rings. The summed E-state index contributed by atoms with van der Waals surface area (Å²) in [5.41, 5.74) is 1.12. The smallest absolute Gasteiger partial charge is 0.234 e. The number of amides is 1. The number of nitrogens with one attached hydrogen (secondary N) is 1. The third-order valence-electron chi connectivity index (χ3n) is 2.79. The highest BCUT2D eigenvalue weighted by molar-refractivity contribution is 6.30. The maximum absolute atomic E-state index is 11.5. The monoisotopic (exact) mass is 264 g/mol. The van der Waals surface area contributed by atoms with Crippen molar-refractivity contribution >= 4 is 17.5 Å². The van der Waals surface area contributed by atoms with E-state index in [0.717, 1.165) is 5.56 Å². The zero-order valence-electron chi connectivity index (χ0n) is 10.6. The molecule has 0 aromatic heterocycles. The molecule has 18 heavy (non-hydrogen) atoms. The number of hydrogen-bond donors (Lipinski definition) is 1. The number of nitrogens with zero attached hydrogens (tertiary/aromatic N) is 1. The molecule has 1 aromatic rings. The number of halogens is 1. The first kappa shape index (κ1) is 14.6. The van der Waals surface area contributed by atoms with E-state index in [1.807, 2.05) is 43.1 Å². The molecule has 0 saturated carbocycles. The van der Waals surface area contributed by atoms with E-state index in [2.05, 4.69) is 11.2 Å². The summed E-state index contributed by atoms with van der Waals surface area (Å²) >= 11 is 5.84. The van der Waals surface area contributed by atoms with E-state index in [1.54, 1.807) is 0 Å². The summed E-state index contributed by atoms with van der Waals surface area (Å²) in [7, 11) is 1.90. The number of rotatable bonds is 5. The Labute approximate surface area is 113 Å². The average Bonchev–Trinajstić information content (AvgIpc) is 2.36. The van der Waals surface area contributed by atoms with Gasteiger partial charge in [-0.1, -0.05) is 29.7 Å². The summed E-state index contributed by atoms with van der Waals surface area (Å²) in [5.74, 6) is 2.30. The molecule has 1 unspecified atom stereocenters. The van der Waals surface area contributed by atoms with Gasteiger partial charge >= 0.3 is 0 Å². The predicted molar refractivity (Wildman–Crippen MR) is 74.3 cm³/mol. The van der Waals surface area contributed by atoms with Crippen LogP contribution in [0.3, 0.4) is 0 Å². The van der Waals surface area contributed by atoms with Crippen molar-refractivity contribution in [1.29, 1.82) is 0 Å². The Kier molecular flexibility index (Phi) is 5.70. The van der Waals surface area contributed by atoms with E-state index < -0.39 is 0 Å². The summed E-state index contributed by atoms with van der Waals surface area (Å²) in [6.07, 6.45) is 5.08. The fraction of sp³-hybridized carbons (Fsp3) is 0.357. The topological polar surface area (TPSA) is 32.3 Å². The van der Waals surface area contributed by atoms with Gasteiger partial charge in [-0.25, -0.2) is 0 Å². The second-order valence-electron chi connectivity index (χ2n) is 4.12. The average molecular weight is 265 g/mol. The molecule has 1 aromatic carbocycles. The number of benzene rings is 1. The third kappa shape index (κ3) is 4.40. The molecule has 0 radical (unpaired) electrons. The SMILES string of the molecule is C#CCNC(=O)CN(C)C(C)c1ccc(Cl)cc1. The Bertz CT molecular complexity index is 436. The second kappa shape index (κ2) is 7.05. The van der Waals surface area contributed by atoms with Crippen LogP contribution in [0.15, 0.2) is 24.3 Å². The van der Waals surface area contributed by atoms with Crippen molar-refractivity contribution in [1.82, 2.24) is 10.2 Å². The fourth-order valence-electron chi connectivity index (χ4n) is 1.56. The highest BCUT2D eigenvalue weighted by Gasteiger charge is 2.14. The molecule has 4 heteroatoms. The second-order valence-corrected chi connectivity index (χ2v) is 4.56. The van der Waals surface area contributed by atoms with Crippen molar-refractivity contribution < 1.29 is 4.79 Å². The van der Waals surface area contributed by atoms with Gasteiger partial charge in [0, 0.05) is 11.1 Å². The summed E-state index contributed by atoms with van der Waals surface area (Å²) < 4.78 is 0. The Morgan fingerprint density at radius 3 is 2.67 bits per heavy atom. The van der Waals surface area contributed by atoms with E-state index in [0.29, 0.717) is 11.6 Å². The number of carbonyl (C=O) groups excluding carboxylic acids is 1. The van der Waals surface area contributed by atoms with Crippen LogP contribution < -0.4 is 5.32 Å². The number of terminal acetylenes is 1. The lowest BCUT2D eigenvalue weighted by Gasteiger charge is -2.24. The van der Waals surface area contributed by atoms with E-state index in [-0.39, 0.29) is 18.5 Å². The van der Waals surface area contributed by atoms with Gasteiger partial charge in [-0.05, 0) is 31.7 Å². The van der Waals surface area contributed by atoms with Crippen molar-refractivity contribution in [2.45, 2.75) is 13.0 Å². The van der Waals surface area contributed by atoms with Gasteiger partial charge in [-0.3, -0.25) is 9.69 Å². The summed E-state index contributed by atoms with van der Waals surface area (Å²) in [5, 5.41) is 3.35. The molecular formula is C14H17ClN2O. The Morgan fingerprint density at radius 2 is 2.11 bits per heavy atom. The minimum atomic E-state index is -0.0729. The van der Waals surface area contributed by atoms with E-state index in [4.69, 9.17) is 18.0 Å². The quantitative estimate of drug-likeness (QED) is 0.826. The van der Waals surface area contributed by atoms with Crippen molar-refractivity contribution in [3.05, 3.63) is 34.9 Å². The van der Waals surface area contributed by atoms with Crippen LogP contribution in [0.5, 0.6) is 0 Å². The van der Waals surface area contributed by atoms with Gasteiger partial charge in [-0.15, -0.1) is 6.42 Å². The molecule has 0 bridgehead atoms. The van der Waals surface area contributed by atoms with Gasteiger partial charge in [0.2, 0.25) is 5.91 Å². The highest BCUT2D eigenvalue weighted by atomic mass is 35.5. The first-order valence-electron chi connectivity index (χ1n) is 5.70. The molecular weight excluding hydrogens is 248 g/mol. The largest absolute Gasteiger partial charge is 0.344 e. The van der Waals surface area contributed by atoms with Crippen LogP contribution >= 0.6 is 11.6 Å². The van der Waals surface area contributed by atoms with E-state index in [1.165, 1.54) is 0 Å². The van der Waals surface area contributed by atoms with Crippen LogP contribution in [-0.2, 0) is 4.79 Å². The van der Waals surface area contributed by atoms with Crippen molar-refractivity contribution in [3.8, 4) is 12.3 Å². The van der Waals surface area contributed by atoms with Crippen LogP contribution in [0.1, 0.15) is 18.5 Å². The van der Waals surface area contributed by atoms with Crippen molar-refractivity contribution in [3.63, 3.8) is 0 Å². The Morgan fingerprint density at radius 1 is 1.50 bits per heavy atom. The fourth-order valence-corrected chi connectivity index (χ4v) is 1.69. The molecule has 0 fully saturated rings. The molecule has 0 heterocycles. The van der Waals surface area contributed by atoms with Gasteiger partial charge in [0.25, 0.3) is 0 Å². The summed E-state index contributed by atoms with van der Waals surface area (Å²) in [6, 6.07) is 7.75. The summed E-state index contributed by atoms with van der Waals surface area (Å²) in [4.78, 5) is 13.5. The predicted octanol–water partition coefficient (Wildman–Crippen LogP) is 2.08. The first-order valence-corrected chi connectivity index (χ1v) is 6.08. The Balaban J connectivity index is 2.56. The lowest BCUT2D eigenvalue weighted by atomic mass is 10.1. The van der Waals surface area contributed by atoms with Crippen molar-refractivity contribution in [2.24, 2.45) is 0 Å². The minimum Gasteiger partial charge on any atom is -0.344 e. The summed E-state index contributed by atoms with van der Waals surface area (Å²) in [6.45, 7) is 2.62. The molecule has 0 aliphatic heterocycles. The maximum atomic E-state index is 11.5.